The normalized spacial score (nSPS) is 16.4. The van der Waals surface area contributed by atoms with Gasteiger partial charge in [0, 0.05) is 45.1 Å². The van der Waals surface area contributed by atoms with Crippen molar-refractivity contribution < 1.29 is 4.74 Å². The molecule has 0 bridgehead atoms. The monoisotopic (exact) mass is 418 g/mol. The molecule has 3 aromatic rings. The van der Waals surface area contributed by atoms with Crippen LogP contribution in [0.2, 0.25) is 0 Å². The number of hydrogen-bond donors (Lipinski definition) is 2. The van der Waals surface area contributed by atoms with Crippen molar-refractivity contribution >= 4 is 11.6 Å². The molecule has 2 heterocycles. The molecule has 1 fully saturated rings. The maximum Gasteiger partial charge on any atom is 0.191 e. The molecule has 0 amide bonds. The zero-order valence-corrected chi connectivity index (χ0v) is 18.2. The highest BCUT2D eigenvalue weighted by atomic mass is 16.5. The molecule has 7 heteroatoms. The van der Waals surface area contributed by atoms with Gasteiger partial charge in [0.2, 0.25) is 0 Å². The van der Waals surface area contributed by atoms with E-state index in [1.807, 2.05) is 42.3 Å². The van der Waals surface area contributed by atoms with Crippen LogP contribution in [0.5, 0.6) is 5.75 Å². The van der Waals surface area contributed by atoms with E-state index in [0.717, 1.165) is 43.5 Å². The molecule has 1 aliphatic heterocycles. The van der Waals surface area contributed by atoms with E-state index < -0.39 is 0 Å². The van der Waals surface area contributed by atoms with Crippen molar-refractivity contribution in [2.45, 2.75) is 25.6 Å². The molecule has 7 nitrogen and oxygen atoms in total. The summed E-state index contributed by atoms with van der Waals surface area (Å²) >= 11 is 0. The lowest BCUT2D eigenvalue weighted by Crippen LogP contribution is -2.44. The molecule has 1 aliphatic rings. The van der Waals surface area contributed by atoms with Crippen molar-refractivity contribution in [3.63, 3.8) is 0 Å². The van der Waals surface area contributed by atoms with E-state index in [0.29, 0.717) is 12.6 Å². The Morgan fingerprint density at radius 1 is 1.13 bits per heavy atom. The topological polar surface area (TPSA) is 66.7 Å². The third-order valence-corrected chi connectivity index (χ3v) is 5.63. The first-order valence-electron chi connectivity index (χ1n) is 10.7. The summed E-state index contributed by atoms with van der Waals surface area (Å²) in [6.45, 7) is 3.37. The molecule has 2 aromatic carbocycles. The van der Waals surface area contributed by atoms with E-state index in [2.05, 4.69) is 62.0 Å². The number of para-hydroxylation sites is 2. The smallest absolute Gasteiger partial charge is 0.191 e. The van der Waals surface area contributed by atoms with Crippen LogP contribution in [-0.4, -0.2) is 49.0 Å². The van der Waals surface area contributed by atoms with Gasteiger partial charge in [-0.25, -0.2) is 0 Å². The number of nitrogens with one attached hydrogen (secondary N) is 2. The largest absolute Gasteiger partial charge is 0.495 e. The third-order valence-electron chi connectivity index (χ3n) is 5.63. The minimum absolute atomic E-state index is 0.329. The number of hydrogen-bond acceptors (Lipinski definition) is 4. The fourth-order valence-corrected chi connectivity index (χ4v) is 4.01. The number of methoxy groups -OCH3 is 1. The van der Waals surface area contributed by atoms with Crippen LogP contribution in [0.15, 0.2) is 72.0 Å². The maximum absolute atomic E-state index is 5.53. The minimum atomic E-state index is 0.329. The molecule has 162 valence electrons. The number of guanidine groups is 1. The van der Waals surface area contributed by atoms with Gasteiger partial charge < -0.3 is 20.3 Å². The number of rotatable bonds is 7. The quantitative estimate of drug-likeness (QED) is 0.456. The summed E-state index contributed by atoms with van der Waals surface area (Å²) in [5.74, 6) is 1.74. The van der Waals surface area contributed by atoms with Crippen LogP contribution < -0.4 is 20.3 Å². The number of ether oxygens (including phenoxy) is 1. The Balaban J connectivity index is 1.34. The molecule has 1 saturated heterocycles. The Labute approximate surface area is 183 Å². The van der Waals surface area contributed by atoms with Crippen molar-refractivity contribution in [1.82, 2.24) is 20.4 Å². The van der Waals surface area contributed by atoms with Gasteiger partial charge in [-0.2, -0.15) is 5.10 Å². The minimum Gasteiger partial charge on any atom is -0.495 e. The number of nitrogens with zero attached hydrogens (tertiary/aromatic N) is 4. The van der Waals surface area contributed by atoms with Gasteiger partial charge in [-0.1, -0.05) is 36.4 Å². The van der Waals surface area contributed by atoms with Gasteiger partial charge in [-0.15, -0.1) is 0 Å². The summed E-state index contributed by atoms with van der Waals surface area (Å²) in [6.07, 6.45) is 4.84. The summed E-state index contributed by atoms with van der Waals surface area (Å²) in [5, 5.41) is 11.4. The van der Waals surface area contributed by atoms with Crippen LogP contribution in [0.25, 0.3) is 0 Å². The van der Waals surface area contributed by atoms with Crippen molar-refractivity contribution in [3.8, 4) is 5.75 Å². The van der Waals surface area contributed by atoms with Crippen LogP contribution in [0, 0.1) is 0 Å². The molecular formula is C24H30N6O. The number of anilines is 1. The predicted octanol–water partition coefficient (Wildman–Crippen LogP) is 2.88. The van der Waals surface area contributed by atoms with Crippen molar-refractivity contribution in [2.24, 2.45) is 4.99 Å². The van der Waals surface area contributed by atoms with E-state index in [1.165, 1.54) is 11.1 Å². The highest BCUT2D eigenvalue weighted by Crippen LogP contribution is 2.30. The van der Waals surface area contributed by atoms with E-state index >= 15 is 0 Å². The van der Waals surface area contributed by atoms with Gasteiger partial charge >= 0.3 is 0 Å². The molecule has 0 radical (unpaired) electrons. The highest BCUT2D eigenvalue weighted by Gasteiger charge is 2.25. The molecular weight excluding hydrogens is 388 g/mol. The summed E-state index contributed by atoms with van der Waals surface area (Å²) in [7, 11) is 3.54. The van der Waals surface area contributed by atoms with Crippen LogP contribution in [0.1, 0.15) is 17.5 Å². The lowest BCUT2D eigenvalue weighted by Gasteiger charge is -2.22. The van der Waals surface area contributed by atoms with Crippen molar-refractivity contribution in [1.29, 1.82) is 0 Å². The van der Waals surface area contributed by atoms with E-state index in [-0.39, 0.29) is 0 Å². The molecule has 0 aliphatic carbocycles. The molecule has 31 heavy (non-hydrogen) atoms. The molecule has 2 N–H and O–H groups in total. The average Bonchev–Trinajstić information content (AvgIpc) is 3.49. The van der Waals surface area contributed by atoms with Crippen molar-refractivity contribution in [3.05, 3.63) is 78.1 Å². The molecule has 1 aromatic heterocycles. The van der Waals surface area contributed by atoms with Gasteiger partial charge in [0.15, 0.2) is 5.96 Å². The Hall–Kier alpha value is -3.48. The SMILES string of the molecule is CN=C(NCc1ccccc1Cn1cccn1)NC1CCN(c2ccccc2OC)C1. The summed E-state index contributed by atoms with van der Waals surface area (Å²) in [4.78, 5) is 6.80. The number of aromatic nitrogens is 2. The lowest BCUT2D eigenvalue weighted by molar-refractivity contribution is 0.415. The van der Waals surface area contributed by atoms with Gasteiger partial charge in [-0.05, 0) is 35.7 Å². The zero-order valence-electron chi connectivity index (χ0n) is 18.2. The van der Waals surface area contributed by atoms with E-state index in [4.69, 9.17) is 4.74 Å². The Kier molecular flexibility index (Phi) is 6.72. The Morgan fingerprint density at radius 3 is 2.71 bits per heavy atom. The van der Waals surface area contributed by atoms with Gasteiger partial charge in [0.25, 0.3) is 0 Å². The van der Waals surface area contributed by atoms with Gasteiger partial charge in [0.1, 0.15) is 5.75 Å². The maximum atomic E-state index is 5.53. The molecule has 4 rings (SSSR count). The van der Waals surface area contributed by atoms with E-state index in [1.54, 1.807) is 7.11 Å². The number of aliphatic imine (C=N–C) groups is 1. The Bertz CT molecular complexity index is 1000. The summed E-state index contributed by atoms with van der Waals surface area (Å²) in [6, 6.07) is 18.9. The fourth-order valence-electron chi connectivity index (χ4n) is 4.01. The number of benzene rings is 2. The fraction of sp³-hybridized carbons (Fsp3) is 0.333. The Morgan fingerprint density at radius 2 is 1.94 bits per heavy atom. The summed E-state index contributed by atoms with van der Waals surface area (Å²) < 4.78 is 7.47. The standard InChI is InChI=1S/C24H30N6O/c1-25-24(26-16-19-8-3-4-9-20(19)17-30-14-7-13-27-30)28-21-12-15-29(18-21)22-10-5-6-11-23(22)31-2/h3-11,13-14,21H,12,15-18H2,1-2H3,(H2,25,26,28). The average molecular weight is 419 g/mol. The van der Waals surface area contributed by atoms with Crippen LogP contribution in [0.3, 0.4) is 0 Å². The first-order valence-corrected chi connectivity index (χ1v) is 10.7. The second-order valence-electron chi connectivity index (χ2n) is 7.65. The summed E-state index contributed by atoms with van der Waals surface area (Å²) in [5.41, 5.74) is 3.63. The first-order chi connectivity index (χ1) is 15.3. The molecule has 1 atom stereocenters. The van der Waals surface area contributed by atoms with Crippen LogP contribution in [-0.2, 0) is 13.1 Å². The van der Waals surface area contributed by atoms with E-state index in [9.17, 15) is 0 Å². The zero-order chi connectivity index (χ0) is 21.5. The molecule has 0 saturated carbocycles. The second kappa shape index (κ2) is 10.0. The predicted molar refractivity (Wildman–Crippen MR) is 125 cm³/mol. The second-order valence-corrected chi connectivity index (χ2v) is 7.65. The van der Waals surface area contributed by atoms with Crippen molar-refractivity contribution in [2.75, 3.05) is 32.1 Å². The third kappa shape index (κ3) is 5.17. The molecule has 0 spiro atoms. The van der Waals surface area contributed by atoms with Gasteiger partial charge in [0.05, 0.1) is 19.3 Å². The molecule has 1 unspecified atom stereocenters. The highest BCUT2D eigenvalue weighted by molar-refractivity contribution is 5.80. The van der Waals surface area contributed by atoms with Crippen LogP contribution >= 0.6 is 0 Å². The van der Waals surface area contributed by atoms with Crippen LogP contribution in [0.4, 0.5) is 5.69 Å². The first kappa shape index (κ1) is 20.8. The van der Waals surface area contributed by atoms with Gasteiger partial charge in [-0.3, -0.25) is 9.67 Å². The lowest BCUT2D eigenvalue weighted by atomic mass is 10.1.